The summed E-state index contributed by atoms with van der Waals surface area (Å²) in [6.45, 7) is 4.69. The number of nitrogens with zero attached hydrogens (tertiary/aromatic N) is 2. The predicted octanol–water partition coefficient (Wildman–Crippen LogP) is 3.39. The number of hydrogen-bond donors (Lipinski definition) is 1. The van der Waals surface area contributed by atoms with Gasteiger partial charge in [-0.05, 0) is 31.5 Å². The first-order valence-corrected chi connectivity index (χ1v) is 6.57. The van der Waals surface area contributed by atoms with Gasteiger partial charge < -0.3 is 10.2 Å². The van der Waals surface area contributed by atoms with E-state index in [-0.39, 0.29) is 0 Å². The van der Waals surface area contributed by atoms with Crippen LogP contribution in [0.3, 0.4) is 0 Å². The summed E-state index contributed by atoms with van der Waals surface area (Å²) in [6, 6.07) is 12.2. The van der Waals surface area contributed by atoms with Crippen LogP contribution in [0, 0.1) is 13.8 Å². The Bertz CT molecular complexity index is 740. The number of anilines is 1. The van der Waals surface area contributed by atoms with Crippen molar-refractivity contribution in [1.82, 2.24) is 9.78 Å². The zero-order chi connectivity index (χ0) is 14.1. The van der Waals surface area contributed by atoms with E-state index in [4.69, 9.17) is 10.2 Å². The molecule has 0 aliphatic heterocycles. The molecule has 0 atom stereocenters. The van der Waals surface area contributed by atoms with Gasteiger partial charge in [0.2, 0.25) is 0 Å². The molecule has 3 aromatic rings. The lowest BCUT2D eigenvalue weighted by Crippen LogP contribution is -2.00. The van der Waals surface area contributed by atoms with Crippen molar-refractivity contribution in [3.63, 3.8) is 0 Å². The fourth-order valence-corrected chi connectivity index (χ4v) is 2.27. The molecule has 0 spiro atoms. The van der Waals surface area contributed by atoms with Gasteiger partial charge in [0.05, 0.1) is 12.2 Å². The minimum atomic E-state index is 0.631. The van der Waals surface area contributed by atoms with Crippen LogP contribution >= 0.6 is 0 Å². The van der Waals surface area contributed by atoms with Crippen molar-refractivity contribution in [3.05, 3.63) is 59.5 Å². The summed E-state index contributed by atoms with van der Waals surface area (Å²) in [5.41, 5.74) is 9.80. The van der Waals surface area contributed by atoms with Gasteiger partial charge in [-0.1, -0.05) is 29.8 Å². The van der Waals surface area contributed by atoms with Gasteiger partial charge >= 0.3 is 0 Å². The van der Waals surface area contributed by atoms with Crippen molar-refractivity contribution in [2.45, 2.75) is 20.4 Å². The van der Waals surface area contributed by atoms with Gasteiger partial charge in [-0.3, -0.25) is 4.68 Å². The van der Waals surface area contributed by atoms with Crippen LogP contribution in [0.15, 0.2) is 47.0 Å². The number of benzene rings is 1. The Morgan fingerprint density at radius 1 is 1.20 bits per heavy atom. The molecular formula is C16H17N3O. The smallest absolute Gasteiger partial charge is 0.156 e. The van der Waals surface area contributed by atoms with E-state index >= 15 is 0 Å². The van der Waals surface area contributed by atoms with Crippen LogP contribution in [0.5, 0.6) is 0 Å². The van der Waals surface area contributed by atoms with Crippen molar-refractivity contribution in [2.75, 3.05) is 5.73 Å². The molecule has 102 valence electrons. The van der Waals surface area contributed by atoms with Crippen LogP contribution in [-0.2, 0) is 6.54 Å². The average molecular weight is 267 g/mol. The van der Waals surface area contributed by atoms with Crippen molar-refractivity contribution in [3.8, 4) is 11.5 Å². The third-order valence-corrected chi connectivity index (χ3v) is 3.19. The summed E-state index contributed by atoms with van der Waals surface area (Å²) in [5, 5.41) is 4.52. The minimum absolute atomic E-state index is 0.631. The molecule has 0 aliphatic carbocycles. The minimum Gasteiger partial charge on any atom is -0.460 e. The second kappa shape index (κ2) is 4.89. The molecule has 3 rings (SSSR count). The molecule has 0 fully saturated rings. The number of nitrogens with two attached hydrogens (primary N) is 1. The summed E-state index contributed by atoms with van der Waals surface area (Å²) in [4.78, 5) is 0. The van der Waals surface area contributed by atoms with E-state index in [0.717, 1.165) is 5.76 Å². The highest BCUT2D eigenvalue weighted by Gasteiger charge is 2.12. The lowest BCUT2D eigenvalue weighted by atomic mass is 10.1. The van der Waals surface area contributed by atoms with Gasteiger partial charge in [-0.25, -0.2) is 0 Å². The zero-order valence-electron chi connectivity index (χ0n) is 11.6. The van der Waals surface area contributed by atoms with Gasteiger partial charge in [-0.2, -0.15) is 5.10 Å². The van der Waals surface area contributed by atoms with E-state index in [1.807, 2.05) is 36.0 Å². The quantitative estimate of drug-likeness (QED) is 0.791. The Morgan fingerprint density at radius 2 is 2.05 bits per heavy atom. The molecule has 0 saturated carbocycles. The topological polar surface area (TPSA) is 57.0 Å². The van der Waals surface area contributed by atoms with E-state index < -0.39 is 0 Å². The van der Waals surface area contributed by atoms with Crippen LogP contribution < -0.4 is 5.73 Å². The molecule has 0 bridgehead atoms. The van der Waals surface area contributed by atoms with Gasteiger partial charge in [0.1, 0.15) is 5.76 Å². The fraction of sp³-hybridized carbons (Fsp3) is 0.188. The van der Waals surface area contributed by atoms with Crippen molar-refractivity contribution in [1.29, 1.82) is 0 Å². The highest BCUT2D eigenvalue weighted by Crippen LogP contribution is 2.26. The van der Waals surface area contributed by atoms with E-state index in [2.05, 4.69) is 30.2 Å². The largest absolute Gasteiger partial charge is 0.460 e. The molecule has 2 N–H and O–H groups in total. The SMILES string of the molecule is Cc1cccc(Cn2cc(N)c(-c3ccc(C)o3)n2)c1. The third-order valence-electron chi connectivity index (χ3n) is 3.19. The molecule has 0 unspecified atom stereocenters. The van der Waals surface area contributed by atoms with Crippen LogP contribution in [0.4, 0.5) is 5.69 Å². The Labute approximate surface area is 117 Å². The van der Waals surface area contributed by atoms with Crippen molar-refractivity contribution in [2.24, 2.45) is 0 Å². The van der Waals surface area contributed by atoms with E-state index in [1.54, 1.807) is 0 Å². The third kappa shape index (κ3) is 2.45. The van der Waals surface area contributed by atoms with E-state index in [0.29, 0.717) is 23.7 Å². The lowest BCUT2D eigenvalue weighted by molar-refractivity contribution is 0.544. The highest BCUT2D eigenvalue weighted by molar-refractivity contribution is 5.67. The molecule has 1 aromatic carbocycles. The average Bonchev–Trinajstić information content (AvgIpc) is 2.96. The number of nitrogen functional groups attached to an aromatic ring is 1. The number of hydrogen-bond acceptors (Lipinski definition) is 3. The molecule has 0 aliphatic rings. The number of furan rings is 1. The summed E-state index contributed by atoms with van der Waals surface area (Å²) >= 11 is 0. The molecule has 4 nitrogen and oxygen atoms in total. The summed E-state index contributed by atoms with van der Waals surface area (Å²) in [6.07, 6.45) is 1.84. The van der Waals surface area contributed by atoms with Gasteiger partial charge in [0, 0.05) is 6.20 Å². The Hall–Kier alpha value is -2.49. The summed E-state index contributed by atoms with van der Waals surface area (Å²) in [7, 11) is 0. The Balaban J connectivity index is 1.89. The highest BCUT2D eigenvalue weighted by atomic mass is 16.3. The summed E-state index contributed by atoms with van der Waals surface area (Å²) < 4.78 is 7.42. The maximum Gasteiger partial charge on any atom is 0.156 e. The maximum atomic E-state index is 6.02. The first-order valence-electron chi connectivity index (χ1n) is 6.57. The van der Waals surface area contributed by atoms with Crippen LogP contribution in [0.2, 0.25) is 0 Å². The second-order valence-corrected chi connectivity index (χ2v) is 5.03. The maximum absolute atomic E-state index is 6.02. The van der Waals surface area contributed by atoms with Crippen molar-refractivity contribution >= 4 is 5.69 Å². The van der Waals surface area contributed by atoms with Crippen molar-refractivity contribution < 1.29 is 4.42 Å². The van der Waals surface area contributed by atoms with Crippen LogP contribution in [0.25, 0.3) is 11.5 Å². The van der Waals surface area contributed by atoms with Crippen LogP contribution in [-0.4, -0.2) is 9.78 Å². The number of aryl methyl sites for hydroxylation is 2. The number of aromatic nitrogens is 2. The van der Waals surface area contributed by atoms with Gasteiger partial charge in [-0.15, -0.1) is 0 Å². The predicted molar refractivity (Wildman–Crippen MR) is 79.4 cm³/mol. The lowest BCUT2D eigenvalue weighted by Gasteiger charge is -2.02. The van der Waals surface area contributed by atoms with Gasteiger partial charge in [0.15, 0.2) is 11.5 Å². The zero-order valence-corrected chi connectivity index (χ0v) is 11.6. The molecule has 0 saturated heterocycles. The Morgan fingerprint density at radius 3 is 2.75 bits per heavy atom. The normalized spacial score (nSPS) is 10.9. The summed E-state index contributed by atoms with van der Waals surface area (Å²) in [5.74, 6) is 1.57. The van der Waals surface area contributed by atoms with Crippen LogP contribution in [0.1, 0.15) is 16.9 Å². The monoisotopic (exact) mass is 267 g/mol. The van der Waals surface area contributed by atoms with E-state index in [1.165, 1.54) is 11.1 Å². The molecule has 2 heterocycles. The molecule has 0 radical (unpaired) electrons. The first-order chi connectivity index (χ1) is 9.61. The van der Waals surface area contributed by atoms with Gasteiger partial charge in [0.25, 0.3) is 0 Å². The molecule has 20 heavy (non-hydrogen) atoms. The molecule has 0 amide bonds. The molecule has 2 aromatic heterocycles. The standard InChI is InChI=1S/C16H17N3O/c1-11-4-3-5-13(8-11)9-19-10-14(17)16(18-19)15-7-6-12(2)20-15/h3-8,10H,9,17H2,1-2H3. The molecule has 4 heteroatoms. The second-order valence-electron chi connectivity index (χ2n) is 5.03. The first kappa shape index (κ1) is 12.5. The number of rotatable bonds is 3. The van der Waals surface area contributed by atoms with E-state index in [9.17, 15) is 0 Å². The molecular weight excluding hydrogens is 250 g/mol. The Kier molecular flexibility index (Phi) is 3.06. The fourth-order valence-electron chi connectivity index (χ4n) is 2.27.